The molecule has 4 heterocycles. The van der Waals surface area contributed by atoms with E-state index in [0.29, 0.717) is 37.3 Å². The molecule has 1 N–H and O–H groups in total. The van der Waals surface area contributed by atoms with Crippen LogP contribution in [-0.4, -0.2) is 76.9 Å². The zero-order valence-corrected chi connectivity index (χ0v) is 22.2. The van der Waals surface area contributed by atoms with Crippen LogP contribution in [0.1, 0.15) is 36.5 Å². The van der Waals surface area contributed by atoms with Gasteiger partial charge in [-0.05, 0) is 43.0 Å². The van der Waals surface area contributed by atoms with Crippen LogP contribution in [0, 0.1) is 5.92 Å². The summed E-state index contributed by atoms with van der Waals surface area (Å²) in [5.74, 6) is -0.109. The first-order valence-electron chi connectivity index (χ1n) is 12.8. The Morgan fingerprint density at radius 2 is 1.97 bits per heavy atom. The number of nitrogens with one attached hydrogen (secondary N) is 1. The maximum Gasteiger partial charge on any atom is 0.261 e. The lowest BCUT2D eigenvalue weighted by Crippen LogP contribution is -2.44. The number of hydrogen-bond donors (Lipinski definition) is 1. The number of Topliss-reactive ketones (excluding diaryl/α,β-unsaturated/α-hetero) is 1. The number of amides is 2. The van der Waals surface area contributed by atoms with Crippen molar-refractivity contribution in [1.29, 1.82) is 0 Å². The highest BCUT2D eigenvalue weighted by Gasteiger charge is 2.53. The number of hydrogen-bond acceptors (Lipinski definition) is 8. The van der Waals surface area contributed by atoms with E-state index in [4.69, 9.17) is 4.42 Å². The molecular weight excluding hydrogens is 522 g/mol. The Labute approximate surface area is 226 Å². The molecule has 204 valence electrons. The van der Waals surface area contributed by atoms with Crippen LogP contribution in [0.5, 0.6) is 0 Å². The SMILES string of the molecule is CC(CCNC(=O)c1ccc(-c2cnco2)cc1)CC(=O)N1CCC2C1C(=O)CN2S(=O)(=O)c1ccccn1. The summed E-state index contributed by atoms with van der Waals surface area (Å²) >= 11 is 0. The number of rotatable bonds is 9. The van der Waals surface area contributed by atoms with E-state index in [9.17, 15) is 22.8 Å². The lowest BCUT2D eigenvalue weighted by atomic mass is 10.0. The molecule has 1 aromatic carbocycles. The van der Waals surface area contributed by atoms with E-state index >= 15 is 0 Å². The van der Waals surface area contributed by atoms with Crippen molar-refractivity contribution in [1.82, 2.24) is 24.5 Å². The average Bonchev–Trinajstić information content (AvgIpc) is 3.68. The first kappa shape index (κ1) is 26.7. The van der Waals surface area contributed by atoms with Crippen LogP contribution in [0.25, 0.3) is 11.3 Å². The molecule has 2 aliphatic heterocycles. The molecule has 5 rings (SSSR count). The summed E-state index contributed by atoms with van der Waals surface area (Å²) in [7, 11) is -3.94. The van der Waals surface area contributed by atoms with Gasteiger partial charge in [-0.1, -0.05) is 25.1 Å². The Morgan fingerprint density at radius 3 is 2.67 bits per heavy atom. The van der Waals surface area contributed by atoms with E-state index in [1.165, 1.54) is 27.9 Å². The molecule has 0 aliphatic carbocycles. The van der Waals surface area contributed by atoms with Crippen LogP contribution in [0.4, 0.5) is 0 Å². The Hall–Kier alpha value is -3.90. The van der Waals surface area contributed by atoms with E-state index < -0.39 is 22.1 Å². The van der Waals surface area contributed by atoms with E-state index in [-0.39, 0.29) is 41.5 Å². The number of likely N-dealkylation sites (tertiary alicyclic amines) is 1. The van der Waals surface area contributed by atoms with Crippen LogP contribution < -0.4 is 5.32 Å². The van der Waals surface area contributed by atoms with Crippen molar-refractivity contribution >= 4 is 27.6 Å². The van der Waals surface area contributed by atoms with Crippen LogP contribution in [0.15, 0.2) is 70.7 Å². The van der Waals surface area contributed by atoms with Gasteiger partial charge in [-0.3, -0.25) is 14.4 Å². The summed E-state index contributed by atoms with van der Waals surface area (Å²) in [6.07, 6.45) is 5.51. The first-order valence-corrected chi connectivity index (χ1v) is 14.2. The molecule has 3 aromatic rings. The summed E-state index contributed by atoms with van der Waals surface area (Å²) < 4.78 is 32.6. The Balaban J connectivity index is 1.12. The second-order valence-corrected chi connectivity index (χ2v) is 11.7. The van der Waals surface area contributed by atoms with E-state index in [0.717, 1.165) is 5.56 Å². The minimum absolute atomic E-state index is 0.0458. The van der Waals surface area contributed by atoms with Crippen molar-refractivity contribution in [3.63, 3.8) is 0 Å². The Morgan fingerprint density at radius 1 is 1.18 bits per heavy atom. The highest BCUT2D eigenvalue weighted by atomic mass is 32.2. The van der Waals surface area contributed by atoms with Gasteiger partial charge >= 0.3 is 0 Å². The van der Waals surface area contributed by atoms with Gasteiger partial charge in [0.25, 0.3) is 15.9 Å². The molecule has 0 bridgehead atoms. The highest BCUT2D eigenvalue weighted by molar-refractivity contribution is 7.89. The molecule has 2 aromatic heterocycles. The van der Waals surface area contributed by atoms with Crippen molar-refractivity contribution in [2.24, 2.45) is 5.92 Å². The quantitative estimate of drug-likeness (QED) is 0.426. The van der Waals surface area contributed by atoms with Gasteiger partial charge in [0.2, 0.25) is 5.91 Å². The molecule has 2 amide bonds. The molecule has 3 atom stereocenters. The van der Waals surface area contributed by atoms with Gasteiger partial charge in [0, 0.05) is 36.8 Å². The van der Waals surface area contributed by atoms with Gasteiger partial charge in [-0.2, -0.15) is 4.31 Å². The first-order chi connectivity index (χ1) is 18.8. The standard InChI is InChI=1S/C27H29N5O6S/c1-18(9-12-30-27(35)20-7-5-19(6-8-20)23-15-28-17-38-23)14-25(34)31-13-10-21-26(31)22(33)16-32(21)39(36,37)24-4-2-3-11-29-24/h2-8,11,15,17-18,21,26H,9-10,12-14,16H2,1H3,(H,30,35). The minimum atomic E-state index is -3.94. The number of oxazole rings is 1. The molecule has 0 spiro atoms. The fraction of sp³-hybridized carbons (Fsp3) is 0.370. The van der Waals surface area contributed by atoms with Gasteiger partial charge < -0.3 is 14.6 Å². The fourth-order valence-corrected chi connectivity index (χ4v) is 6.75. The molecule has 39 heavy (non-hydrogen) atoms. The lowest BCUT2D eigenvalue weighted by molar-refractivity contribution is -0.137. The smallest absolute Gasteiger partial charge is 0.261 e. The second kappa shape index (κ2) is 11.1. The average molecular weight is 552 g/mol. The maximum absolute atomic E-state index is 13.1. The lowest BCUT2D eigenvalue weighted by Gasteiger charge is -2.25. The summed E-state index contributed by atoms with van der Waals surface area (Å²) in [6, 6.07) is 10.2. The zero-order chi connectivity index (χ0) is 27.6. The van der Waals surface area contributed by atoms with Crippen molar-refractivity contribution < 1.29 is 27.2 Å². The third-order valence-corrected chi connectivity index (χ3v) is 9.01. The van der Waals surface area contributed by atoms with Gasteiger partial charge in [-0.25, -0.2) is 18.4 Å². The number of ketones is 1. The summed E-state index contributed by atoms with van der Waals surface area (Å²) in [6.45, 7) is 2.36. The molecule has 2 aliphatic rings. The van der Waals surface area contributed by atoms with Crippen LogP contribution >= 0.6 is 0 Å². The molecule has 2 saturated heterocycles. The number of nitrogens with zero attached hydrogens (tertiary/aromatic N) is 4. The monoisotopic (exact) mass is 551 g/mol. The number of pyridine rings is 1. The third-order valence-electron chi connectivity index (χ3n) is 7.22. The maximum atomic E-state index is 13.1. The second-order valence-electron chi connectivity index (χ2n) is 9.87. The Kier molecular flexibility index (Phi) is 7.58. The number of aromatic nitrogens is 2. The minimum Gasteiger partial charge on any atom is -0.444 e. The summed E-state index contributed by atoms with van der Waals surface area (Å²) in [5.41, 5.74) is 1.33. The third kappa shape index (κ3) is 5.48. The zero-order valence-electron chi connectivity index (χ0n) is 21.4. The number of carbonyl (C=O) groups is 3. The van der Waals surface area contributed by atoms with E-state index in [2.05, 4.69) is 15.3 Å². The van der Waals surface area contributed by atoms with Crippen molar-refractivity contribution in [2.45, 2.75) is 43.3 Å². The van der Waals surface area contributed by atoms with Gasteiger partial charge in [-0.15, -0.1) is 0 Å². The van der Waals surface area contributed by atoms with Crippen molar-refractivity contribution in [3.8, 4) is 11.3 Å². The molecule has 2 fully saturated rings. The highest BCUT2D eigenvalue weighted by Crippen LogP contribution is 2.34. The molecule has 0 radical (unpaired) electrons. The predicted molar refractivity (Wildman–Crippen MR) is 140 cm³/mol. The van der Waals surface area contributed by atoms with Crippen molar-refractivity contribution in [2.75, 3.05) is 19.6 Å². The van der Waals surface area contributed by atoms with Crippen LogP contribution in [-0.2, 0) is 19.6 Å². The molecule has 3 unspecified atom stereocenters. The topological polar surface area (TPSA) is 143 Å². The number of fused-ring (bicyclic) bond motifs is 1. The fourth-order valence-electron chi connectivity index (χ4n) is 5.19. The predicted octanol–water partition coefficient (Wildman–Crippen LogP) is 2.13. The molecule has 11 nitrogen and oxygen atoms in total. The van der Waals surface area contributed by atoms with Crippen molar-refractivity contribution in [3.05, 3.63) is 66.8 Å². The molecule has 0 saturated carbocycles. The van der Waals surface area contributed by atoms with Gasteiger partial charge in [0.05, 0.1) is 18.8 Å². The molecule has 12 heteroatoms. The number of benzene rings is 1. The number of sulfonamides is 1. The normalized spacial score (nSPS) is 20.1. The van der Waals surface area contributed by atoms with Gasteiger partial charge in [0.1, 0.15) is 6.04 Å². The van der Waals surface area contributed by atoms with Crippen LogP contribution in [0.2, 0.25) is 0 Å². The number of carbonyl (C=O) groups excluding carboxylic acids is 3. The largest absolute Gasteiger partial charge is 0.444 e. The molecular formula is C27H29N5O6S. The Bertz CT molecular complexity index is 1440. The van der Waals surface area contributed by atoms with E-state index in [1.807, 2.05) is 6.92 Å². The van der Waals surface area contributed by atoms with Crippen LogP contribution in [0.3, 0.4) is 0 Å². The van der Waals surface area contributed by atoms with Gasteiger partial charge in [0.15, 0.2) is 23.0 Å². The summed E-state index contributed by atoms with van der Waals surface area (Å²) in [5, 5.41) is 2.77. The summed E-state index contributed by atoms with van der Waals surface area (Å²) in [4.78, 5) is 47.8. The van der Waals surface area contributed by atoms with E-state index in [1.54, 1.807) is 42.6 Å².